The van der Waals surface area contributed by atoms with Crippen molar-refractivity contribution in [1.29, 1.82) is 0 Å². The molecule has 1 aromatic rings. The molecule has 0 aliphatic rings. The number of carbonyl (C=O) groups excluding carboxylic acids is 2. The fraction of sp³-hybridized carbons (Fsp3) is 0.364. The second-order valence-electron chi connectivity index (χ2n) is 3.27. The van der Waals surface area contributed by atoms with Gasteiger partial charge in [-0.1, -0.05) is 0 Å². The molecular formula is C11H16N2O3. The summed E-state index contributed by atoms with van der Waals surface area (Å²) in [5.41, 5.74) is 1.11. The van der Waals surface area contributed by atoms with Crippen molar-refractivity contribution in [2.24, 2.45) is 7.05 Å². The maximum atomic E-state index is 10.6. The van der Waals surface area contributed by atoms with E-state index in [1.807, 2.05) is 36.1 Å². The Morgan fingerprint density at radius 3 is 2.12 bits per heavy atom. The van der Waals surface area contributed by atoms with Gasteiger partial charge in [0.05, 0.1) is 0 Å². The first kappa shape index (κ1) is 14.1. The van der Waals surface area contributed by atoms with Crippen molar-refractivity contribution >= 4 is 11.9 Å². The highest BCUT2D eigenvalue weighted by molar-refractivity contribution is 5.72. The number of nitrogens with zero attached hydrogens (tertiary/aromatic N) is 1. The molecule has 0 aromatic carbocycles. The molecule has 0 aliphatic heterocycles. The Bertz CT molecular complexity index is 343. The SMILES string of the molecule is CC(=O)NCc1cc[n+](C)cc1.CC(=O)[O-]. The van der Waals surface area contributed by atoms with Crippen LogP contribution in [0.1, 0.15) is 19.4 Å². The molecule has 0 saturated carbocycles. The average molecular weight is 224 g/mol. The van der Waals surface area contributed by atoms with Crippen molar-refractivity contribution < 1.29 is 19.3 Å². The Morgan fingerprint density at radius 1 is 1.31 bits per heavy atom. The number of pyridine rings is 1. The van der Waals surface area contributed by atoms with Gasteiger partial charge in [-0.25, -0.2) is 4.57 Å². The molecule has 0 fully saturated rings. The molecule has 0 spiro atoms. The first-order valence-electron chi connectivity index (χ1n) is 4.78. The number of aromatic nitrogens is 1. The smallest absolute Gasteiger partial charge is 0.217 e. The van der Waals surface area contributed by atoms with Gasteiger partial charge in [0.15, 0.2) is 12.4 Å². The maximum absolute atomic E-state index is 10.6. The molecule has 0 atom stereocenters. The summed E-state index contributed by atoms with van der Waals surface area (Å²) in [6, 6.07) is 3.96. The average Bonchev–Trinajstić information content (AvgIpc) is 2.16. The van der Waals surface area contributed by atoms with E-state index >= 15 is 0 Å². The van der Waals surface area contributed by atoms with Crippen LogP contribution in [0.4, 0.5) is 0 Å². The van der Waals surface area contributed by atoms with Crippen molar-refractivity contribution in [2.75, 3.05) is 0 Å². The summed E-state index contributed by atoms with van der Waals surface area (Å²) in [7, 11) is 1.96. The van der Waals surface area contributed by atoms with Crippen LogP contribution in [0.2, 0.25) is 0 Å². The molecule has 1 N–H and O–H groups in total. The van der Waals surface area contributed by atoms with Crippen molar-refractivity contribution in [2.45, 2.75) is 20.4 Å². The molecule has 0 saturated heterocycles. The third-order valence-electron chi connectivity index (χ3n) is 1.59. The summed E-state index contributed by atoms with van der Waals surface area (Å²) in [6.07, 6.45) is 3.91. The van der Waals surface area contributed by atoms with Crippen molar-refractivity contribution in [3.63, 3.8) is 0 Å². The minimum absolute atomic E-state index is 0.00299. The second kappa shape index (κ2) is 7.39. The maximum Gasteiger partial charge on any atom is 0.217 e. The van der Waals surface area contributed by atoms with Gasteiger partial charge in [-0.3, -0.25) is 4.79 Å². The Kier molecular flexibility index (Phi) is 6.51. The summed E-state index contributed by atoms with van der Waals surface area (Å²) >= 11 is 0. The van der Waals surface area contributed by atoms with Crippen LogP contribution in [0.5, 0.6) is 0 Å². The Balaban J connectivity index is 0.000000487. The molecule has 0 unspecified atom stereocenters. The zero-order chi connectivity index (χ0) is 12.6. The van der Waals surface area contributed by atoms with Crippen LogP contribution in [-0.2, 0) is 23.2 Å². The molecule has 0 aliphatic carbocycles. The van der Waals surface area contributed by atoms with Crippen molar-refractivity contribution in [3.8, 4) is 0 Å². The first-order valence-corrected chi connectivity index (χ1v) is 4.78. The number of rotatable bonds is 2. The molecule has 1 aromatic heterocycles. The Hall–Kier alpha value is -1.91. The predicted molar refractivity (Wildman–Crippen MR) is 55.8 cm³/mol. The number of nitrogens with one attached hydrogen (secondary N) is 1. The standard InChI is InChI=1S/C9H12N2O.C2H4O2/c1-8(12)10-7-9-3-5-11(2)6-4-9;1-2(3)4/h3-6H,7H2,1-2H3;1H3,(H,3,4). The van der Waals surface area contributed by atoms with E-state index in [9.17, 15) is 4.79 Å². The van der Waals surface area contributed by atoms with Crippen LogP contribution in [0.15, 0.2) is 24.5 Å². The second-order valence-corrected chi connectivity index (χ2v) is 3.27. The number of hydrogen-bond donors (Lipinski definition) is 1. The Labute approximate surface area is 94.7 Å². The molecule has 5 nitrogen and oxygen atoms in total. The summed E-state index contributed by atoms with van der Waals surface area (Å²) in [4.78, 5) is 19.5. The summed E-state index contributed by atoms with van der Waals surface area (Å²) in [6.45, 7) is 3.10. The minimum atomic E-state index is -1.08. The van der Waals surface area contributed by atoms with E-state index < -0.39 is 5.97 Å². The fourth-order valence-corrected chi connectivity index (χ4v) is 0.876. The van der Waals surface area contributed by atoms with Crippen LogP contribution in [0, 0.1) is 0 Å². The van der Waals surface area contributed by atoms with Gasteiger partial charge in [-0.2, -0.15) is 0 Å². The van der Waals surface area contributed by atoms with Gasteiger partial charge in [-0.05, 0) is 12.5 Å². The van der Waals surface area contributed by atoms with Crippen LogP contribution in [0.3, 0.4) is 0 Å². The lowest BCUT2D eigenvalue weighted by molar-refractivity contribution is -0.671. The molecule has 1 amide bonds. The number of carbonyl (C=O) groups is 2. The van der Waals surface area contributed by atoms with Crippen LogP contribution >= 0.6 is 0 Å². The van der Waals surface area contributed by atoms with Crippen molar-refractivity contribution in [1.82, 2.24) is 5.32 Å². The highest BCUT2D eigenvalue weighted by Crippen LogP contribution is 1.92. The molecule has 0 radical (unpaired) electrons. The number of carboxylic acid groups (broad SMARTS) is 1. The van der Waals surface area contributed by atoms with Gasteiger partial charge in [0.1, 0.15) is 7.05 Å². The molecular weight excluding hydrogens is 208 g/mol. The minimum Gasteiger partial charge on any atom is -0.550 e. The van der Waals surface area contributed by atoms with E-state index in [0.29, 0.717) is 6.54 Å². The molecule has 5 heteroatoms. The number of amides is 1. The number of carboxylic acids is 1. The van der Waals surface area contributed by atoms with E-state index in [0.717, 1.165) is 12.5 Å². The van der Waals surface area contributed by atoms with Gasteiger partial charge >= 0.3 is 0 Å². The third kappa shape index (κ3) is 8.68. The molecule has 1 heterocycles. The van der Waals surface area contributed by atoms with Gasteiger partial charge in [0.2, 0.25) is 5.91 Å². The van der Waals surface area contributed by atoms with E-state index in [2.05, 4.69) is 5.32 Å². The highest BCUT2D eigenvalue weighted by Gasteiger charge is 1.96. The zero-order valence-electron chi connectivity index (χ0n) is 9.69. The van der Waals surface area contributed by atoms with Gasteiger partial charge in [0.25, 0.3) is 0 Å². The fourth-order valence-electron chi connectivity index (χ4n) is 0.876. The number of aliphatic carboxylic acids is 1. The summed E-state index contributed by atoms with van der Waals surface area (Å²) < 4.78 is 1.96. The van der Waals surface area contributed by atoms with E-state index in [-0.39, 0.29) is 5.91 Å². The van der Waals surface area contributed by atoms with Gasteiger partial charge in [-0.15, -0.1) is 0 Å². The van der Waals surface area contributed by atoms with Gasteiger partial charge in [0, 0.05) is 31.6 Å². The molecule has 1 rings (SSSR count). The van der Waals surface area contributed by atoms with Crippen LogP contribution in [-0.4, -0.2) is 11.9 Å². The molecule has 16 heavy (non-hydrogen) atoms. The Morgan fingerprint density at radius 2 is 1.75 bits per heavy atom. The van der Waals surface area contributed by atoms with Crippen LogP contribution in [0.25, 0.3) is 0 Å². The lowest BCUT2D eigenvalue weighted by Gasteiger charge is -1.99. The highest BCUT2D eigenvalue weighted by atomic mass is 16.4. The lowest BCUT2D eigenvalue weighted by Crippen LogP contribution is -2.27. The largest absolute Gasteiger partial charge is 0.550 e. The first-order chi connectivity index (χ1) is 7.41. The zero-order valence-corrected chi connectivity index (χ0v) is 9.69. The monoisotopic (exact) mass is 224 g/mol. The number of hydrogen-bond acceptors (Lipinski definition) is 3. The van der Waals surface area contributed by atoms with E-state index in [1.165, 1.54) is 6.92 Å². The lowest BCUT2D eigenvalue weighted by atomic mass is 10.3. The van der Waals surface area contributed by atoms with Crippen LogP contribution < -0.4 is 15.0 Å². The third-order valence-corrected chi connectivity index (χ3v) is 1.59. The number of aryl methyl sites for hydroxylation is 1. The topological polar surface area (TPSA) is 73.1 Å². The molecule has 0 bridgehead atoms. The summed E-state index contributed by atoms with van der Waals surface area (Å²) in [5, 5.41) is 11.6. The van der Waals surface area contributed by atoms with Crippen molar-refractivity contribution in [3.05, 3.63) is 30.1 Å². The summed E-state index contributed by atoms with van der Waals surface area (Å²) in [5.74, 6) is -1.08. The quantitative estimate of drug-likeness (QED) is 0.648. The van der Waals surface area contributed by atoms with E-state index in [4.69, 9.17) is 9.90 Å². The van der Waals surface area contributed by atoms with E-state index in [1.54, 1.807) is 0 Å². The normalized spacial score (nSPS) is 8.69. The van der Waals surface area contributed by atoms with Gasteiger partial charge < -0.3 is 15.2 Å². The molecule has 88 valence electrons. The predicted octanol–water partition coefficient (Wildman–Crippen LogP) is -1.10.